The van der Waals surface area contributed by atoms with E-state index in [0.29, 0.717) is 23.7 Å². The van der Waals surface area contributed by atoms with Crippen LogP contribution in [0.4, 0.5) is 0 Å². The minimum Gasteiger partial charge on any atom is -0.477 e. The van der Waals surface area contributed by atoms with Gasteiger partial charge in [-0.3, -0.25) is 14.1 Å². The Labute approximate surface area is 158 Å². The lowest BCUT2D eigenvalue weighted by molar-refractivity contribution is -0.141. The minimum absolute atomic E-state index is 0.0311. The van der Waals surface area contributed by atoms with Crippen molar-refractivity contribution in [2.75, 3.05) is 6.61 Å². The van der Waals surface area contributed by atoms with Crippen molar-refractivity contribution in [3.05, 3.63) is 46.0 Å². The lowest BCUT2D eigenvalue weighted by atomic mass is 10.0. The molecule has 0 saturated carbocycles. The third kappa shape index (κ3) is 2.35. The maximum atomic E-state index is 12.4. The van der Waals surface area contributed by atoms with Crippen molar-refractivity contribution in [1.82, 2.24) is 19.3 Å². The highest BCUT2D eigenvalue weighted by molar-refractivity contribution is 8.03. The van der Waals surface area contributed by atoms with Crippen LogP contribution in [0.5, 0.6) is 0 Å². The Balaban J connectivity index is 1.47. The fraction of sp³-hybridized carbons (Fsp3) is 0.333. The molecule has 138 valence electrons. The number of hydrogen-bond donors (Lipinski definition) is 1. The number of hydrogen-bond acceptors (Lipinski definition) is 6. The number of thioether (sulfide) groups is 1. The zero-order valence-corrected chi connectivity index (χ0v) is 15.3. The summed E-state index contributed by atoms with van der Waals surface area (Å²) < 4.78 is 7.74. The third-order valence-corrected chi connectivity index (χ3v) is 6.15. The van der Waals surface area contributed by atoms with Gasteiger partial charge in [0.1, 0.15) is 11.1 Å². The second kappa shape index (κ2) is 5.93. The number of imidazole rings is 1. The smallest absolute Gasteiger partial charge is 0.353 e. The minimum atomic E-state index is -1.09. The molecule has 1 aliphatic carbocycles. The summed E-state index contributed by atoms with van der Waals surface area (Å²) in [6, 6.07) is 0. The van der Waals surface area contributed by atoms with Crippen LogP contribution in [0, 0.1) is 0 Å². The van der Waals surface area contributed by atoms with E-state index in [1.807, 2.05) is 23.7 Å². The number of amides is 1. The SMILES string of the molecule is CCOC1CCc2c1cnc1nc(/C=C3\C(=O)N4C(C(=O)O)=CSC34)cn21. The molecule has 8 nitrogen and oxygen atoms in total. The number of rotatable bonds is 4. The zero-order chi connectivity index (χ0) is 18.7. The Morgan fingerprint density at radius 1 is 1.52 bits per heavy atom. The molecule has 3 aliphatic rings. The van der Waals surface area contributed by atoms with Gasteiger partial charge in [-0.05, 0) is 25.8 Å². The molecule has 9 heteroatoms. The van der Waals surface area contributed by atoms with Gasteiger partial charge in [0, 0.05) is 35.7 Å². The Morgan fingerprint density at radius 3 is 3.15 bits per heavy atom. The molecule has 2 aromatic rings. The molecule has 27 heavy (non-hydrogen) atoms. The van der Waals surface area contributed by atoms with Crippen molar-refractivity contribution in [1.29, 1.82) is 0 Å². The monoisotopic (exact) mass is 384 g/mol. The number of carbonyl (C=O) groups excluding carboxylic acids is 1. The number of carboxylic acid groups (broad SMARTS) is 1. The van der Waals surface area contributed by atoms with Crippen LogP contribution in [0.2, 0.25) is 0 Å². The van der Waals surface area contributed by atoms with E-state index >= 15 is 0 Å². The highest BCUT2D eigenvalue weighted by Crippen LogP contribution is 2.45. The second-order valence-electron chi connectivity index (χ2n) is 6.55. The molecule has 4 heterocycles. The van der Waals surface area contributed by atoms with E-state index < -0.39 is 5.97 Å². The van der Waals surface area contributed by atoms with Gasteiger partial charge in [-0.25, -0.2) is 14.8 Å². The number of ether oxygens (including phenoxy) is 1. The molecule has 2 atom stereocenters. The lowest BCUT2D eigenvalue weighted by Gasteiger charge is -2.36. The van der Waals surface area contributed by atoms with E-state index in [9.17, 15) is 9.59 Å². The van der Waals surface area contributed by atoms with Gasteiger partial charge in [0.05, 0.1) is 17.4 Å². The van der Waals surface area contributed by atoms with Crippen molar-refractivity contribution < 1.29 is 19.4 Å². The van der Waals surface area contributed by atoms with Crippen LogP contribution in [0.15, 0.2) is 29.1 Å². The summed E-state index contributed by atoms with van der Waals surface area (Å²) >= 11 is 1.32. The molecule has 2 aliphatic heterocycles. The molecule has 5 rings (SSSR count). The molecule has 1 saturated heterocycles. The Hall–Kier alpha value is -2.65. The van der Waals surface area contributed by atoms with E-state index in [1.165, 1.54) is 22.1 Å². The molecule has 0 bridgehead atoms. The van der Waals surface area contributed by atoms with Crippen molar-refractivity contribution in [3.63, 3.8) is 0 Å². The van der Waals surface area contributed by atoms with Crippen molar-refractivity contribution >= 4 is 35.5 Å². The largest absolute Gasteiger partial charge is 0.477 e. The Bertz CT molecular complexity index is 1060. The summed E-state index contributed by atoms with van der Waals surface area (Å²) in [6.07, 6.45) is 7.32. The van der Waals surface area contributed by atoms with Gasteiger partial charge in [0.25, 0.3) is 5.91 Å². The molecule has 0 aromatic carbocycles. The Kier molecular flexibility index (Phi) is 3.63. The van der Waals surface area contributed by atoms with Crippen molar-refractivity contribution in [3.8, 4) is 0 Å². The number of fused-ring (bicyclic) bond motifs is 4. The molecule has 0 radical (unpaired) electrons. The average Bonchev–Trinajstić information content (AvgIpc) is 3.34. The average molecular weight is 384 g/mol. The van der Waals surface area contributed by atoms with E-state index in [4.69, 9.17) is 9.84 Å². The van der Waals surface area contributed by atoms with Gasteiger partial charge in [0.15, 0.2) is 0 Å². The summed E-state index contributed by atoms with van der Waals surface area (Å²) in [6.45, 7) is 2.64. The van der Waals surface area contributed by atoms with Gasteiger partial charge < -0.3 is 9.84 Å². The number of carboxylic acids is 1. The van der Waals surface area contributed by atoms with Gasteiger partial charge in [0.2, 0.25) is 5.78 Å². The van der Waals surface area contributed by atoms with Crippen molar-refractivity contribution in [2.24, 2.45) is 0 Å². The van der Waals surface area contributed by atoms with Crippen LogP contribution in [0.3, 0.4) is 0 Å². The maximum Gasteiger partial charge on any atom is 0.353 e. The first-order valence-corrected chi connectivity index (χ1v) is 9.65. The molecule has 1 N–H and O–H groups in total. The number of aryl methyl sites for hydroxylation is 1. The fourth-order valence-corrected chi connectivity index (χ4v) is 4.96. The van der Waals surface area contributed by atoms with Crippen LogP contribution < -0.4 is 0 Å². The van der Waals surface area contributed by atoms with Crippen LogP contribution in [-0.2, 0) is 20.7 Å². The fourth-order valence-electron chi connectivity index (χ4n) is 3.85. The summed E-state index contributed by atoms with van der Waals surface area (Å²) in [4.78, 5) is 33.8. The first kappa shape index (κ1) is 16.5. The van der Waals surface area contributed by atoms with Crippen LogP contribution >= 0.6 is 11.8 Å². The van der Waals surface area contributed by atoms with E-state index in [-0.39, 0.29) is 23.1 Å². The molecule has 0 spiro atoms. The lowest BCUT2D eigenvalue weighted by Crippen LogP contribution is -2.51. The molecule has 1 amide bonds. The number of aromatic nitrogens is 3. The van der Waals surface area contributed by atoms with E-state index in [0.717, 1.165) is 24.1 Å². The number of nitrogens with zero attached hydrogens (tertiary/aromatic N) is 4. The normalized spacial score (nSPS) is 24.9. The number of carbonyl (C=O) groups is 2. The zero-order valence-electron chi connectivity index (χ0n) is 14.5. The van der Waals surface area contributed by atoms with Gasteiger partial charge in [-0.1, -0.05) is 0 Å². The molecule has 2 unspecified atom stereocenters. The number of aliphatic carboxylic acids is 1. The molecule has 2 aromatic heterocycles. The van der Waals surface area contributed by atoms with Crippen LogP contribution in [0.1, 0.15) is 36.4 Å². The third-order valence-electron chi connectivity index (χ3n) is 5.06. The maximum absolute atomic E-state index is 12.4. The van der Waals surface area contributed by atoms with Gasteiger partial charge in [-0.15, -0.1) is 11.8 Å². The van der Waals surface area contributed by atoms with Crippen LogP contribution in [0.25, 0.3) is 11.9 Å². The van der Waals surface area contributed by atoms with Crippen LogP contribution in [-0.4, -0.2) is 48.2 Å². The standard InChI is InChI=1S/C18H16N4O4S/c1-2-26-14-4-3-12-11(14)6-19-18-20-9(7-21(12)18)5-10-15(23)22-13(17(24)25)8-27-16(10)22/h5-8,14,16H,2-4H2,1H3,(H,24,25)/b10-5+. The highest BCUT2D eigenvalue weighted by Gasteiger charge is 2.49. The summed E-state index contributed by atoms with van der Waals surface area (Å²) in [5.74, 6) is -0.788. The van der Waals surface area contributed by atoms with E-state index in [1.54, 1.807) is 6.08 Å². The van der Waals surface area contributed by atoms with Crippen molar-refractivity contribution in [2.45, 2.75) is 31.2 Å². The topological polar surface area (TPSA) is 97.0 Å². The predicted molar refractivity (Wildman–Crippen MR) is 97.6 cm³/mol. The molecule has 1 fully saturated rings. The van der Waals surface area contributed by atoms with Gasteiger partial charge >= 0.3 is 5.97 Å². The van der Waals surface area contributed by atoms with Gasteiger partial charge in [-0.2, -0.15) is 0 Å². The quantitative estimate of drug-likeness (QED) is 0.636. The second-order valence-corrected chi connectivity index (χ2v) is 7.50. The first-order valence-electron chi connectivity index (χ1n) is 8.71. The highest BCUT2D eigenvalue weighted by atomic mass is 32.2. The van der Waals surface area contributed by atoms with E-state index in [2.05, 4.69) is 9.97 Å². The predicted octanol–water partition coefficient (Wildman–Crippen LogP) is 1.98. The first-order chi connectivity index (χ1) is 13.1. The molecular weight excluding hydrogens is 368 g/mol. The molecular formula is C18H16N4O4S. The summed E-state index contributed by atoms with van der Waals surface area (Å²) in [5.41, 5.74) is 3.46. The summed E-state index contributed by atoms with van der Waals surface area (Å²) in [5, 5.41) is 10.4. The number of β-lactam (4-membered cyclic amide) rings is 1. The Morgan fingerprint density at radius 2 is 2.37 bits per heavy atom. The summed E-state index contributed by atoms with van der Waals surface area (Å²) in [7, 11) is 0.